The minimum Gasteiger partial charge on any atom is -0.507 e. The summed E-state index contributed by atoms with van der Waals surface area (Å²) in [5, 5.41) is 12.4. The molecule has 2 aromatic heterocycles. The van der Waals surface area contributed by atoms with E-state index in [0.717, 1.165) is 72.4 Å². The molecule has 0 radical (unpaired) electrons. The van der Waals surface area contributed by atoms with Gasteiger partial charge in [0.15, 0.2) is 0 Å². The number of aromatic nitrogens is 3. The van der Waals surface area contributed by atoms with Crippen molar-refractivity contribution in [2.24, 2.45) is 0 Å². The van der Waals surface area contributed by atoms with Crippen molar-refractivity contribution in [1.29, 1.82) is 0 Å². The number of aromatic hydroxyl groups is 1. The third kappa shape index (κ3) is 7.91. The molecule has 0 aliphatic carbocycles. The second kappa shape index (κ2) is 15.1. The Hall–Kier alpha value is -6.26. The van der Waals surface area contributed by atoms with Crippen LogP contribution in [0.1, 0.15) is 94.2 Å². The average Bonchev–Trinajstić information content (AvgIpc) is 3.62. The van der Waals surface area contributed by atoms with E-state index in [2.05, 4.69) is 142 Å². The second-order valence-electron chi connectivity index (χ2n) is 19.3. The Labute approximate surface area is 360 Å². The molecule has 4 heteroatoms. The normalized spacial score (nSPS) is 13.3. The first-order chi connectivity index (χ1) is 29.6. The van der Waals surface area contributed by atoms with Gasteiger partial charge in [-0.05, 0) is 123 Å². The van der Waals surface area contributed by atoms with E-state index in [1.54, 1.807) is 12.1 Å². The third-order valence-electron chi connectivity index (χ3n) is 11.5. The molecule has 4 nitrogen and oxygen atoms in total. The number of phenols is 1. The number of hydrogen-bond acceptors (Lipinski definition) is 3. The maximum atomic E-state index is 12.4. The summed E-state index contributed by atoms with van der Waals surface area (Å²) < 4.78 is 27.9. The quantitative estimate of drug-likeness (QED) is 0.182. The molecular formula is C56H57N3O. The predicted molar refractivity (Wildman–Crippen MR) is 253 cm³/mol. The van der Waals surface area contributed by atoms with E-state index in [-0.39, 0.29) is 22.1 Å². The van der Waals surface area contributed by atoms with Crippen LogP contribution in [0.4, 0.5) is 0 Å². The molecule has 0 saturated heterocycles. The molecule has 1 N–H and O–H groups in total. The van der Waals surface area contributed by atoms with Gasteiger partial charge in [0.2, 0.25) is 0 Å². The highest BCUT2D eigenvalue weighted by molar-refractivity contribution is 5.97. The summed E-state index contributed by atoms with van der Waals surface area (Å²) in [4.78, 5) is 10.4. The second-order valence-corrected chi connectivity index (χ2v) is 19.3. The van der Waals surface area contributed by atoms with Gasteiger partial charge in [0.25, 0.3) is 0 Å². The minimum absolute atomic E-state index is 0.153. The van der Waals surface area contributed by atoms with E-state index < -0.39 is 12.3 Å². The zero-order valence-corrected chi connectivity index (χ0v) is 36.6. The Morgan fingerprint density at radius 2 is 1.22 bits per heavy atom. The summed E-state index contributed by atoms with van der Waals surface area (Å²) in [5.41, 5.74) is 14.0. The zero-order chi connectivity index (χ0) is 45.2. The van der Waals surface area contributed by atoms with Crippen molar-refractivity contribution >= 4 is 11.0 Å². The lowest BCUT2D eigenvalue weighted by atomic mass is 9.79. The summed E-state index contributed by atoms with van der Waals surface area (Å²) >= 11 is 0. The predicted octanol–water partition coefficient (Wildman–Crippen LogP) is 15.0. The molecule has 0 bridgehead atoms. The lowest BCUT2D eigenvalue weighted by Crippen LogP contribution is -2.17. The first-order valence-corrected chi connectivity index (χ1v) is 20.9. The van der Waals surface area contributed by atoms with Crippen LogP contribution in [0, 0.1) is 13.8 Å². The molecule has 0 unspecified atom stereocenters. The van der Waals surface area contributed by atoms with E-state index in [1.807, 2.05) is 59.3 Å². The van der Waals surface area contributed by atoms with Crippen molar-refractivity contribution in [3.8, 4) is 67.5 Å². The van der Waals surface area contributed by atoms with Crippen molar-refractivity contribution in [3.05, 3.63) is 167 Å². The first kappa shape index (κ1) is 36.8. The summed E-state index contributed by atoms with van der Waals surface area (Å²) in [6.07, 6.45) is 1.88. The molecule has 6 aromatic carbocycles. The highest BCUT2D eigenvalue weighted by Crippen LogP contribution is 2.45. The van der Waals surface area contributed by atoms with Gasteiger partial charge in [-0.1, -0.05) is 153 Å². The van der Waals surface area contributed by atoms with Crippen LogP contribution in [0.5, 0.6) is 5.75 Å². The number of para-hydroxylation sites is 1. The fourth-order valence-electron chi connectivity index (χ4n) is 8.00. The summed E-state index contributed by atoms with van der Waals surface area (Å²) in [7, 11) is 0. The molecule has 0 amide bonds. The van der Waals surface area contributed by atoms with E-state index in [9.17, 15) is 5.11 Å². The fourth-order valence-corrected chi connectivity index (χ4v) is 8.00. The standard InChI is InChI=1S/C56H57N3O/c1-35-20-22-38(23-21-35)39-24-25-57-49(32-39)42-28-41(29-43(30-42)54(3,4)5)46-18-15-19-50-51(46)58-53(47-33-44(55(6,7)8)34-48(52(47)60)56(9,10)11)59(50)45-27-36(2)26-40(31-45)37-16-13-12-14-17-37/h12-34,60H,1-11H3/i2D3. The van der Waals surface area contributed by atoms with Gasteiger partial charge in [-0.3, -0.25) is 9.55 Å². The monoisotopic (exact) mass is 790 g/mol. The maximum Gasteiger partial charge on any atom is 0.149 e. The van der Waals surface area contributed by atoms with E-state index in [0.29, 0.717) is 17.1 Å². The maximum absolute atomic E-state index is 12.4. The number of imidazole rings is 1. The number of benzene rings is 6. The molecule has 0 aliphatic heterocycles. The first-order valence-electron chi connectivity index (χ1n) is 22.4. The van der Waals surface area contributed by atoms with Gasteiger partial charge in [-0.25, -0.2) is 4.98 Å². The number of hydrogen-bond donors (Lipinski definition) is 1. The molecule has 2 heterocycles. The highest BCUT2D eigenvalue weighted by atomic mass is 16.3. The Balaban J connectivity index is 1.45. The summed E-state index contributed by atoms with van der Waals surface area (Å²) in [6, 6.07) is 45.2. The lowest BCUT2D eigenvalue weighted by molar-refractivity contribution is 0.446. The van der Waals surface area contributed by atoms with E-state index in [4.69, 9.17) is 14.1 Å². The number of pyridine rings is 1. The highest BCUT2D eigenvalue weighted by Gasteiger charge is 2.29. The van der Waals surface area contributed by atoms with Crippen LogP contribution in [0.2, 0.25) is 0 Å². The minimum atomic E-state index is -2.39. The van der Waals surface area contributed by atoms with Crippen LogP contribution in [-0.2, 0) is 16.2 Å². The molecule has 0 saturated carbocycles. The van der Waals surface area contributed by atoms with Crippen LogP contribution >= 0.6 is 0 Å². The number of phenolic OH excluding ortho intramolecular Hbond substituents is 1. The van der Waals surface area contributed by atoms with Gasteiger partial charge in [0, 0.05) is 32.7 Å². The SMILES string of the molecule is [2H]C([2H])([2H])c1cc(-c2ccccc2)cc(-n2c(-c3cc(C(C)(C)C)cc(C(C)(C)C)c3O)nc3c(-c4cc(-c5cc(-c6ccc(C)cc6)ccn5)cc(C(C)(C)C)c4)cccc32)c1. The van der Waals surface area contributed by atoms with Crippen molar-refractivity contribution in [2.45, 2.75) is 92.3 Å². The molecule has 8 aromatic rings. The van der Waals surface area contributed by atoms with Gasteiger partial charge >= 0.3 is 0 Å². The molecule has 0 fully saturated rings. The van der Waals surface area contributed by atoms with E-state index >= 15 is 0 Å². The van der Waals surface area contributed by atoms with Gasteiger partial charge in [0.1, 0.15) is 11.6 Å². The average molecular weight is 791 g/mol. The van der Waals surface area contributed by atoms with Gasteiger partial charge in [-0.15, -0.1) is 0 Å². The number of aryl methyl sites for hydroxylation is 2. The number of rotatable bonds is 6. The largest absolute Gasteiger partial charge is 0.507 e. The zero-order valence-electron chi connectivity index (χ0n) is 39.6. The Morgan fingerprint density at radius 1 is 0.533 bits per heavy atom. The van der Waals surface area contributed by atoms with Crippen LogP contribution in [-0.4, -0.2) is 19.6 Å². The van der Waals surface area contributed by atoms with Crippen molar-refractivity contribution in [1.82, 2.24) is 14.5 Å². The molecule has 302 valence electrons. The Kier molecular flexibility index (Phi) is 9.25. The molecule has 60 heavy (non-hydrogen) atoms. The van der Waals surface area contributed by atoms with Crippen LogP contribution < -0.4 is 0 Å². The van der Waals surface area contributed by atoms with Crippen molar-refractivity contribution in [3.63, 3.8) is 0 Å². The smallest absolute Gasteiger partial charge is 0.149 e. The lowest BCUT2D eigenvalue weighted by Gasteiger charge is -2.27. The summed E-state index contributed by atoms with van der Waals surface area (Å²) in [5.74, 6) is 0.674. The molecule has 0 atom stereocenters. The third-order valence-corrected chi connectivity index (χ3v) is 11.5. The molecule has 8 rings (SSSR count). The van der Waals surface area contributed by atoms with Crippen molar-refractivity contribution < 1.29 is 9.22 Å². The molecule has 0 aliphatic rings. The van der Waals surface area contributed by atoms with Gasteiger partial charge in [-0.2, -0.15) is 0 Å². The summed E-state index contributed by atoms with van der Waals surface area (Å²) in [6.45, 7) is 19.2. The van der Waals surface area contributed by atoms with Crippen LogP contribution in [0.15, 0.2) is 140 Å². The molecular weight excluding hydrogens is 731 g/mol. The van der Waals surface area contributed by atoms with Gasteiger partial charge in [0.05, 0.1) is 22.3 Å². The fraction of sp³-hybridized carbons (Fsp3) is 0.250. The van der Waals surface area contributed by atoms with Crippen molar-refractivity contribution in [2.75, 3.05) is 0 Å². The topological polar surface area (TPSA) is 50.9 Å². The number of fused-ring (bicyclic) bond motifs is 1. The van der Waals surface area contributed by atoms with Gasteiger partial charge < -0.3 is 5.11 Å². The molecule has 0 spiro atoms. The van der Waals surface area contributed by atoms with Crippen LogP contribution in [0.25, 0.3) is 72.7 Å². The number of nitrogens with zero attached hydrogens (tertiary/aromatic N) is 3. The Morgan fingerprint density at radius 3 is 1.90 bits per heavy atom. The Bertz CT molecular complexity index is 2990. The van der Waals surface area contributed by atoms with Crippen LogP contribution in [0.3, 0.4) is 0 Å². The van der Waals surface area contributed by atoms with E-state index in [1.165, 1.54) is 5.56 Å².